The Morgan fingerprint density at radius 2 is 1.00 bits per heavy atom. The van der Waals surface area contributed by atoms with Crippen molar-refractivity contribution in [1.29, 1.82) is 0 Å². The molecule has 3 heterocycles. The molecule has 20 heteroatoms. The van der Waals surface area contributed by atoms with Gasteiger partial charge in [-0.2, -0.15) is 0 Å². The van der Waals surface area contributed by atoms with Gasteiger partial charge in [0.1, 0.15) is 79.4 Å². The fourth-order valence-electron chi connectivity index (χ4n) is 5.85. The molecule has 0 radical (unpaired) electrons. The smallest absolute Gasteiger partial charge is 0.187 e. The first kappa shape index (κ1) is 36.0. The summed E-state index contributed by atoms with van der Waals surface area (Å²) in [7, 11) is 0. The van der Waals surface area contributed by atoms with E-state index in [0.29, 0.717) is 0 Å². The lowest BCUT2D eigenvalue weighted by molar-refractivity contribution is -0.371. The predicted octanol–water partition coefficient (Wildman–Crippen LogP) is -9.47. The topological polar surface area (TPSA) is 362 Å². The zero-order valence-electron chi connectivity index (χ0n) is 23.6. The molecule has 3 aliphatic heterocycles. The molecule has 18 N–H and O–H groups in total. The third kappa shape index (κ3) is 7.05. The van der Waals surface area contributed by atoms with Crippen LogP contribution in [0.15, 0.2) is 0 Å². The van der Waals surface area contributed by atoms with Gasteiger partial charge in [-0.3, -0.25) is 0 Å². The molecule has 0 unspecified atom stereocenters. The van der Waals surface area contributed by atoms with Gasteiger partial charge in [-0.05, 0) is 6.42 Å². The normalized spacial score (nSPS) is 53.9. The Morgan fingerprint density at radius 3 is 1.59 bits per heavy atom. The van der Waals surface area contributed by atoms with E-state index in [1.54, 1.807) is 0 Å². The van der Waals surface area contributed by atoms with Gasteiger partial charge in [0, 0.05) is 18.6 Å². The van der Waals surface area contributed by atoms with Gasteiger partial charge in [0.15, 0.2) is 18.9 Å². The van der Waals surface area contributed by atoms with Gasteiger partial charge < -0.3 is 102 Å². The maximum Gasteiger partial charge on any atom is 0.187 e. The summed E-state index contributed by atoms with van der Waals surface area (Å²) in [4.78, 5) is 0. The quantitative estimate of drug-likeness (QED) is 0.110. The van der Waals surface area contributed by atoms with Crippen LogP contribution in [0.1, 0.15) is 6.42 Å². The Morgan fingerprint density at radius 1 is 0.500 bits per heavy atom. The Balaban J connectivity index is 1.50. The van der Waals surface area contributed by atoms with Crippen molar-refractivity contribution in [3.05, 3.63) is 0 Å². The second-order valence-corrected chi connectivity index (χ2v) is 11.6. The number of hydrogen-bond acceptors (Lipinski definition) is 20. The highest BCUT2D eigenvalue weighted by Crippen LogP contribution is 2.33. The van der Waals surface area contributed by atoms with Gasteiger partial charge in [0.25, 0.3) is 0 Å². The fourth-order valence-corrected chi connectivity index (χ4v) is 5.85. The lowest BCUT2D eigenvalue weighted by atomic mass is 9.84. The van der Waals surface area contributed by atoms with Gasteiger partial charge >= 0.3 is 0 Å². The van der Waals surface area contributed by atoms with Crippen molar-refractivity contribution in [1.82, 2.24) is 0 Å². The standard InChI is InChI=1S/C24H46N4O16/c25-2-7-12(32)14(34)10(28)22(39-7)42-19-6(27)1-5(26)11(31)21(19)44-24-18(38)16(36)20(9(4-30)41-24)43-23-17(37)15(35)13(33)8(3-29)40-23/h5-24,29-38H,1-4,25-28H2/t5-,6+,7-,8-,9-,10-,11+,12-,13+,14-,15+,16-,17-,18-,19-,20-,21-,22-,23+,24+/m1/s1. The van der Waals surface area contributed by atoms with Crippen LogP contribution in [0.3, 0.4) is 0 Å². The highest BCUT2D eigenvalue weighted by Gasteiger charge is 2.54. The minimum atomic E-state index is -1.93. The highest BCUT2D eigenvalue weighted by atomic mass is 16.8. The fraction of sp³-hybridized carbons (Fsp3) is 1.00. The van der Waals surface area contributed by atoms with Gasteiger partial charge in [0.05, 0.1) is 25.4 Å². The lowest BCUT2D eigenvalue weighted by Gasteiger charge is -2.49. The maximum atomic E-state index is 11.0. The van der Waals surface area contributed by atoms with Crippen LogP contribution in [0.5, 0.6) is 0 Å². The second-order valence-electron chi connectivity index (χ2n) is 11.6. The van der Waals surface area contributed by atoms with Crippen LogP contribution in [-0.4, -0.2) is 193 Å². The van der Waals surface area contributed by atoms with Crippen LogP contribution < -0.4 is 22.9 Å². The number of aliphatic hydroxyl groups excluding tert-OH is 10. The monoisotopic (exact) mass is 646 g/mol. The molecule has 0 aromatic carbocycles. The van der Waals surface area contributed by atoms with Crippen molar-refractivity contribution in [2.75, 3.05) is 19.8 Å². The number of rotatable bonds is 9. The van der Waals surface area contributed by atoms with Crippen molar-refractivity contribution >= 4 is 0 Å². The summed E-state index contributed by atoms with van der Waals surface area (Å²) >= 11 is 0. The molecule has 258 valence electrons. The molecular formula is C24H46N4O16. The van der Waals surface area contributed by atoms with E-state index < -0.39 is 136 Å². The van der Waals surface area contributed by atoms with E-state index in [-0.39, 0.29) is 13.0 Å². The molecule has 0 aromatic heterocycles. The van der Waals surface area contributed by atoms with E-state index in [1.807, 2.05) is 0 Å². The summed E-state index contributed by atoms with van der Waals surface area (Å²) in [6.07, 6.45) is -26.5. The first-order valence-corrected chi connectivity index (χ1v) is 14.3. The van der Waals surface area contributed by atoms with Crippen LogP contribution in [0.4, 0.5) is 0 Å². The molecule has 4 rings (SSSR count). The first-order chi connectivity index (χ1) is 20.7. The molecule has 20 nitrogen and oxygen atoms in total. The molecule has 1 saturated carbocycles. The first-order valence-electron chi connectivity index (χ1n) is 14.3. The van der Waals surface area contributed by atoms with E-state index in [4.69, 9.17) is 51.4 Å². The zero-order valence-corrected chi connectivity index (χ0v) is 23.6. The van der Waals surface area contributed by atoms with Gasteiger partial charge in [-0.15, -0.1) is 0 Å². The van der Waals surface area contributed by atoms with E-state index in [9.17, 15) is 51.1 Å². The highest BCUT2D eigenvalue weighted by molar-refractivity contribution is 5.02. The Hall–Kier alpha value is -0.800. The number of ether oxygens (including phenoxy) is 6. The predicted molar refractivity (Wildman–Crippen MR) is 140 cm³/mol. The Kier molecular flexibility index (Phi) is 12.3. The summed E-state index contributed by atoms with van der Waals surface area (Å²) in [6.45, 7) is -1.77. The van der Waals surface area contributed by atoms with Crippen LogP contribution in [-0.2, 0) is 28.4 Å². The Labute approximate surface area is 251 Å². The number of nitrogens with two attached hydrogens (primary N) is 4. The van der Waals surface area contributed by atoms with Crippen molar-refractivity contribution < 1.29 is 79.5 Å². The van der Waals surface area contributed by atoms with Crippen LogP contribution in [0, 0.1) is 0 Å². The molecule has 0 aromatic rings. The minimum Gasteiger partial charge on any atom is -0.394 e. The Bertz CT molecular complexity index is 910. The molecule has 44 heavy (non-hydrogen) atoms. The largest absolute Gasteiger partial charge is 0.394 e. The molecule has 4 aliphatic rings. The SMILES string of the molecule is NC[C@H]1O[C@H](O[C@H]2[C@H](O[C@@H]3O[C@H](CO)[C@@H](O[C@@H]4O[C@H](CO)[C@H](O)[C@H](O)[C@H]4O)[C@H](O)[C@H]3O)[C@@H](O)[C@H](N)C[C@@H]2N)[C@H](N)[C@@H](O)[C@@H]1O. The minimum absolute atomic E-state index is 0.0319. The van der Waals surface area contributed by atoms with Gasteiger partial charge in [-0.1, -0.05) is 0 Å². The molecule has 1 aliphatic carbocycles. The van der Waals surface area contributed by atoms with E-state index in [0.717, 1.165) is 0 Å². The summed E-state index contributed by atoms with van der Waals surface area (Å²) < 4.78 is 33.9. The van der Waals surface area contributed by atoms with E-state index in [1.165, 1.54) is 0 Å². The van der Waals surface area contributed by atoms with E-state index >= 15 is 0 Å². The molecule has 4 fully saturated rings. The van der Waals surface area contributed by atoms with Gasteiger partial charge in [0.2, 0.25) is 0 Å². The average Bonchev–Trinajstić information content (AvgIpc) is 3.00. The summed E-state index contributed by atoms with van der Waals surface area (Å²) in [5.41, 5.74) is 24.0. The van der Waals surface area contributed by atoms with Crippen LogP contribution >= 0.6 is 0 Å². The molecule has 0 bridgehead atoms. The molecular weight excluding hydrogens is 600 g/mol. The van der Waals surface area contributed by atoms with Crippen molar-refractivity contribution in [3.63, 3.8) is 0 Å². The van der Waals surface area contributed by atoms with Crippen molar-refractivity contribution in [2.24, 2.45) is 22.9 Å². The van der Waals surface area contributed by atoms with E-state index in [2.05, 4.69) is 0 Å². The summed E-state index contributed by atoms with van der Waals surface area (Å²) in [5.74, 6) is 0. The third-order valence-electron chi connectivity index (χ3n) is 8.59. The van der Waals surface area contributed by atoms with Crippen LogP contribution in [0.25, 0.3) is 0 Å². The lowest BCUT2D eigenvalue weighted by Crippen LogP contribution is -2.69. The molecule has 0 amide bonds. The summed E-state index contributed by atoms with van der Waals surface area (Å²) in [6, 6.07) is -3.14. The van der Waals surface area contributed by atoms with Crippen molar-refractivity contribution in [2.45, 2.75) is 129 Å². The van der Waals surface area contributed by atoms with Crippen molar-refractivity contribution in [3.8, 4) is 0 Å². The van der Waals surface area contributed by atoms with Gasteiger partial charge in [-0.25, -0.2) is 0 Å². The maximum absolute atomic E-state index is 11.0. The zero-order chi connectivity index (χ0) is 32.6. The second kappa shape index (κ2) is 15.0. The molecule has 20 atom stereocenters. The average molecular weight is 647 g/mol. The number of hydrogen-bond donors (Lipinski definition) is 14. The molecule has 3 saturated heterocycles. The summed E-state index contributed by atoms with van der Waals surface area (Å²) in [5, 5.41) is 103. The third-order valence-corrected chi connectivity index (χ3v) is 8.59. The number of aliphatic hydroxyl groups is 10. The van der Waals surface area contributed by atoms with Crippen LogP contribution in [0.2, 0.25) is 0 Å². The molecule has 0 spiro atoms.